The van der Waals surface area contributed by atoms with Crippen molar-refractivity contribution in [3.05, 3.63) is 29.8 Å². The summed E-state index contributed by atoms with van der Waals surface area (Å²) in [5.41, 5.74) is 1.000. The van der Waals surface area contributed by atoms with E-state index in [0.717, 1.165) is 17.7 Å². The number of ether oxygens (including phenoxy) is 2. The van der Waals surface area contributed by atoms with Crippen LogP contribution < -0.4 is 10.1 Å². The van der Waals surface area contributed by atoms with Crippen LogP contribution >= 0.6 is 0 Å². The van der Waals surface area contributed by atoms with Crippen LogP contribution in [-0.2, 0) is 9.53 Å². The van der Waals surface area contributed by atoms with Gasteiger partial charge in [0.15, 0.2) is 0 Å². The molecule has 1 aromatic carbocycles. The molecule has 108 valence electrons. The van der Waals surface area contributed by atoms with Crippen LogP contribution in [-0.4, -0.2) is 43.2 Å². The normalized spacial score (nSPS) is 30.0. The summed E-state index contributed by atoms with van der Waals surface area (Å²) in [6.07, 6.45) is 0.837. The van der Waals surface area contributed by atoms with Crippen molar-refractivity contribution in [2.45, 2.75) is 31.7 Å². The number of amides is 1. The first-order chi connectivity index (χ1) is 9.72. The Kier molecular flexibility index (Phi) is 3.63. The molecule has 0 saturated carbocycles. The van der Waals surface area contributed by atoms with Gasteiger partial charge in [-0.25, -0.2) is 0 Å². The lowest BCUT2D eigenvalue weighted by atomic mass is 10.1. The first kappa shape index (κ1) is 13.4. The van der Waals surface area contributed by atoms with Crippen molar-refractivity contribution < 1.29 is 14.3 Å². The molecule has 20 heavy (non-hydrogen) atoms. The average Bonchev–Trinajstić information content (AvgIpc) is 3.04. The van der Waals surface area contributed by atoms with E-state index in [0.29, 0.717) is 13.2 Å². The Labute approximate surface area is 118 Å². The molecule has 2 aliphatic heterocycles. The van der Waals surface area contributed by atoms with Crippen LogP contribution in [0.5, 0.6) is 5.75 Å². The second-order valence-electron chi connectivity index (χ2n) is 5.26. The maximum Gasteiger partial charge on any atom is 0.238 e. The number of hydrogen-bond donors (Lipinski definition) is 1. The Morgan fingerprint density at radius 1 is 1.40 bits per heavy atom. The molecule has 3 rings (SSSR count). The lowest BCUT2D eigenvalue weighted by Crippen LogP contribution is -2.43. The smallest absolute Gasteiger partial charge is 0.238 e. The highest BCUT2D eigenvalue weighted by Crippen LogP contribution is 2.34. The van der Waals surface area contributed by atoms with Gasteiger partial charge in [0.05, 0.1) is 25.8 Å². The number of hydrogen-bond acceptors (Lipinski definition) is 4. The molecular formula is C15H20N2O3. The zero-order valence-corrected chi connectivity index (χ0v) is 11.8. The molecule has 0 bridgehead atoms. The van der Waals surface area contributed by atoms with Gasteiger partial charge in [0.2, 0.25) is 5.91 Å². The summed E-state index contributed by atoms with van der Waals surface area (Å²) in [6, 6.07) is 7.96. The third-order valence-electron chi connectivity index (χ3n) is 4.14. The Morgan fingerprint density at radius 2 is 2.20 bits per heavy atom. The fraction of sp³-hybridized carbons (Fsp3) is 0.533. The predicted molar refractivity (Wildman–Crippen MR) is 74.4 cm³/mol. The number of methoxy groups -OCH3 is 1. The molecule has 3 unspecified atom stereocenters. The largest absolute Gasteiger partial charge is 0.496 e. The zero-order chi connectivity index (χ0) is 14.1. The van der Waals surface area contributed by atoms with E-state index >= 15 is 0 Å². The maximum absolute atomic E-state index is 12.3. The summed E-state index contributed by atoms with van der Waals surface area (Å²) >= 11 is 0. The highest BCUT2D eigenvalue weighted by molar-refractivity contribution is 5.81. The number of nitrogens with zero attached hydrogens (tertiary/aromatic N) is 1. The summed E-state index contributed by atoms with van der Waals surface area (Å²) in [5, 5.41) is 3.29. The van der Waals surface area contributed by atoms with Gasteiger partial charge in [-0.1, -0.05) is 18.2 Å². The Bertz CT molecular complexity index is 506. The molecule has 2 aliphatic rings. The van der Waals surface area contributed by atoms with Crippen LogP contribution in [0, 0.1) is 0 Å². The minimum atomic E-state index is -0.132. The van der Waals surface area contributed by atoms with Crippen molar-refractivity contribution in [1.82, 2.24) is 10.2 Å². The molecule has 1 aromatic rings. The molecule has 2 saturated heterocycles. The first-order valence-corrected chi connectivity index (χ1v) is 7.01. The van der Waals surface area contributed by atoms with E-state index in [2.05, 4.69) is 5.32 Å². The van der Waals surface area contributed by atoms with Crippen LogP contribution in [0.25, 0.3) is 0 Å². The van der Waals surface area contributed by atoms with E-state index in [1.807, 2.05) is 36.1 Å². The summed E-state index contributed by atoms with van der Waals surface area (Å²) in [7, 11) is 1.65. The quantitative estimate of drug-likeness (QED) is 0.904. The predicted octanol–water partition coefficient (Wildman–Crippen LogP) is 1.30. The molecule has 1 N–H and O–H groups in total. The number of carbonyl (C=O) groups is 1. The minimum absolute atomic E-state index is 0.0797. The third-order valence-corrected chi connectivity index (χ3v) is 4.14. The van der Waals surface area contributed by atoms with Crippen LogP contribution in [0.3, 0.4) is 0 Å². The van der Waals surface area contributed by atoms with Crippen molar-refractivity contribution in [2.24, 2.45) is 0 Å². The molecule has 2 heterocycles. The number of nitrogens with one attached hydrogen (secondary N) is 1. The Hall–Kier alpha value is -1.59. The maximum atomic E-state index is 12.3. The van der Waals surface area contributed by atoms with Gasteiger partial charge in [0, 0.05) is 12.2 Å². The summed E-state index contributed by atoms with van der Waals surface area (Å²) < 4.78 is 11.0. The molecular weight excluding hydrogens is 256 g/mol. The third kappa shape index (κ3) is 2.17. The van der Waals surface area contributed by atoms with E-state index in [9.17, 15) is 4.79 Å². The number of rotatable bonds is 3. The van der Waals surface area contributed by atoms with Gasteiger partial charge in [-0.15, -0.1) is 0 Å². The van der Waals surface area contributed by atoms with Gasteiger partial charge in [0.25, 0.3) is 0 Å². The zero-order valence-electron chi connectivity index (χ0n) is 11.8. The van der Waals surface area contributed by atoms with Crippen molar-refractivity contribution in [3.8, 4) is 5.75 Å². The summed E-state index contributed by atoms with van der Waals surface area (Å²) in [6.45, 7) is 3.11. The van der Waals surface area contributed by atoms with E-state index < -0.39 is 0 Å². The van der Waals surface area contributed by atoms with E-state index in [1.54, 1.807) is 7.11 Å². The highest BCUT2D eigenvalue weighted by atomic mass is 16.5. The van der Waals surface area contributed by atoms with E-state index in [-0.39, 0.29) is 24.2 Å². The SMILES string of the molecule is COc1ccccc1C1NCC(=O)N1C1CCOC1C. The van der Waals surface area contributed by atoms with E-state index in [4.69, 9.17) is 9.47 Å². The first-order valence-electron chi connectivity index (χ1n) is 7.01. The molecule has 1 amide bonds. The Morgan fingerprint density at radius 3 is 2.90 bits per heavy atom. The summed E-state index contributed by atoms with van der Waals surface area (Å²) in [4.78, 5) is 14.2. The van der Waals surface area contributed by atoms with Crippen molar-refractivity contribution >= 4 is 5.91 Å². The standard InChI is InChI=1S/C15H20N2O3/c1-10-12(7-8-20-10)17-14(18)9-16-15(17)11-5-3-4-6-13(11)19-2/h3-6,10,12,15-16H,7-9H2,1-2H3. The Balaban J connectivity index is 1.93. The minimum Gasteiger partial charge on any atom is -0.496 e. The van der Waals surface area contributed by atoms with Gasteiger partial charge in [-0.2, -0.15) is 0 Å². The second-order valence-corrected chi connectivity index (χ2v) is 5.26. The fourth-order valence-electron chi connectivity index (χ4n) is 3.13. The molecule has 0 radical (unpaired) electrons. The molecule has 0 aromatic heterocycles. The highest BCUT2D eigenvalue weighted by Gasteiger charge is 2.42. The van der Waals surface area contributed by atoms with Crippen molar-refractivity contribution in [3.63, 3.8) is 0 Å². The molecule has 3 atom stereocenters. The average molecular weight is 276 g/mol. The van der Waals surface area contributed by atoms with Crippen LogP contribution in [0.4, 0.5) is 0 Å². The van der Waals surface area contributed by atoms with Gasteiger partial charge in [-0.3, -0.25) is 10.1 Å². The van der Waals surface area contributed by atoms with Crippen molar-refractivity contribution in [2.75, 3.05) is 20.3 Å². The lowest BCUT2D eigenvalue weighted by molar-refractivity contribution is -0.131. The molecule has 0 spiro atoms. The van der Waals surface area contributed by atoms with Crippen molar-refractivity contribution in [1.29, 1.82) is 0 Å². The van der Waals surface area contributed by atoms with Gasteiger partial charge in [0.1, 0.15) is 11.9 Å². The molecule has 2 fully saturated rings. The second kappa shape index (κ2) is 5.42. The van der Waals surface area contributed by atoms with Gasteiger partial charge in [-0.05, 0) is 19.4 Å². The van der Waals surface area contributed by atoms with Crippen LogP contribution in [0.2, 0.25) is 0 Å². The monoisotopic (exact) mass is 276 g/mol. The lowest BCUT2D eigenvalue weighted by Gasteiger charge is -2.32. The van der Waals surface area contributed by atoms with Gasteiger partial charge < -0.3 is 14.4 Å². The number of carbonyl (C=O) groups excluding carboxylic acids is 1. The number of para-hydroxylation sites is 1. The van der Waals surface area contributed by atoms with Crippen LogP contribution in [0.1, 0.15) is 25.1 Å². The molecule has 5 nitrogen and oxygen atoms in total. The topological polar surface area (TPSA) is 50.8 Å². The molecule has 5 heteroatoms. The number of benzene rings is 1. The van der Waals surface area contributed by atoms with E-state index in [1.165, 1.54) is 0 Å². The fourth-order valence-corrected chi connectivity index (χ4v) is 3.13. The van der Waals surface area contributed by atoms with Gasteiger partial charge >= 0.3 is 0 Å². The molecule has 0 aliphatic carbocycles. The summed E-state index contributed by atoms with van der Waals surface area (Å²) in [5.74, 6) is 0.930. The van der Waals surface area contributed by atoms with Crippen LogP contribution in [0.15, 0.2) is 24.3 Å².